The van der Waals surface area contributed by atoms with Crippen molar-refractivity contribution in [2.75, 3.05) is 10.6 Å². The van der Waals surface area contributed by atoms with Crippen LogP contribution in [0.15, 0.2) is 18.2 Å². The summed E-state index contributed by atoms with van der Waals surface area (Å²) in [6.07, 6.45) is 5.74. The molecule has 0 spiro atoms. The first-order valence-electron chi connectivity index (χ1n) is 8.33. The number of hydrogen-bond donors (Lipinski definition) is 2. The van der Waals surface area contributed by atoms with Crippen LogP contribution in [-0.2, 0) is 0 Å². The van der Waals surface area contributed by atoms with Gasteiger partial charge < -0.3 is 10.6 Å². The Bertz CT molecular complexity index is 545. The van der Waals surface area contributed by atoms with Crippen LogP contribution >= 0.6 is 0 Å². The molecule has 0 bridgehead atoms. The van der Waals surface area contributed by atoms with Crippen molar-refractivity contribution in [1.29, 1.82) is 0 Å². The molecule has 1 aliphatic rings. The summed E-state index contributed by atoms with van der Waals surface area (Å²) < 4.78 is 0. The van der Waals surface area contributed by atoms with Gasteiger partial charge in [-0.3, -0.25) is 0 Å². The molecule has 0 fully saturated rings. The zero-order chi connectivity index (χ0) is 15.6. The Morgan fingerprint density at radius 2 is 1.95 bits per heavy atom. The molecular weight excluding hydrogens is 256 g/mol. The topological polar surface area (TPSA) is 24.1 Å². The van der Waals surface area contributed by atoms with E-state index in [0.29, 0.717) is 6.04 Å². The Balaban J connectivity index is 2.46. The maximum atomic E-state index is 3.75. The van der Waals surface area contributed by atoms with Crippen LogP contribution in [0.2, 0.25) is 0 Å². The zero-order valence-corrected chi connectivity index (χ0v) is 14.4. The van der Waals surface area contributed by atoms with Gasteiger partial charge in [-0.15, -0.1) is 0 Å². The quantitative estimate of drug-likeness (QED) is 0.737. The monoisotopic (exact) mass is 286 g/mol. The molecule has 1 aromatic rings. The van der Waals surface area contributed by atoms with Gasteiger partial charge in [0.2, 0.25) is 0 Å². The van der Waals surface area contributed by atoms with Crippen molar-refractivity contribution >= 4 is 16.9 Å². The van der Waals surface area contributed by atoms with Crippen LogP contribution in [-0.4, -0.2) is 11.6 Å². The lowest BCUT2D eigenvalue weighted by molar-refractivity contribution is 0.607. The smallest absolute Gasteiger partial charge is 0.0531 e. The number of aryl methyl sites for hydroxylation is 1. The van der Waals surface area contributed by atoms with Crippen LogP contribution in [0.5, 0.6) is 0 Å². The summed E-state index contributed by atoms with van der Waals surface area (Å²) in [7, 11) is 0. The average molecular weight is 286 g/mol. The summed E-state index contributed by atoms with van der Waals surface area (Å²) in [6, 6.07) is 5.09. The second-order valence-corrected chi connectivity index (χ2v) is 6.59. The van der Waals surface area contributed by atoms with Crippen molar-refractivity contribution in [3.63, 3.8) is 0 Å². The van der Waals surface area contributed by atoms with Gasteiger partial charge in [0.15, 0.2) is 0 Å². The van der Waals surface area contributed by atoms with E-state index in [4.69, 9.17) is 0 Å². The maximum absolute atomic E-state index is 3.75. The summed E-state index contributed by atoms with van der Waals surface area (Å²) in [5, 5.41) is 7.35. The zero-order valence-electron chi connectivity index (χ0n) is 14.4. The van der Waals surface area contributed by atoms with Gasteiger partial charge in [0.1, 0.15) is 0 Å². The molecule has 1 aromatic carbocycles. The summed E-state index contributed by atoms with van der Waals surface area (Å²) in [5.41, 5.74) is 6.79. The Labute approximate surface area is 130 Å². The number of hydrogen-bond acceptors (Lipinski definition) is 2. The number of fused-ring (bicyclic) bond motifs is 1. The fraction of sp³-hybridized carbons (Fsp3) is 0.579. The number of nitrogens with one attached hydrogen (secondary N) is 2. The molecule has 1 aliphatic heterocycles. The average Bonchev–Trinajstić information content (AvgIpc) is 2.47. The Morgan fingerprint density at radius 3 is 2.52 bits per heavy atom. The third-order valence-electron chi connectivity index (χ3n) is 4.73. The Hall–Kier alpha value is -1.44. The van der Waals surface area contributed by atoms with Gasteiger partial charge in [-0.05, 0) is 63.3 Å². The number of anilines is 2. The molecule has 2 atom stereocenters. The molecule has 1 heterocycles. The highest BCUT2D eigenvalue weighted by molar-refractivity contribution is 5.85. The molecule has 0 aliphatic carbocycles. The third-order valence-corrected chi connectivity index (χ3v) is 4.73. The highest BCUT2D eigenvalue weighted by Gasteiger charge is 2.27. The van der Waals surface area contributed by atoms with E-state index < -0.39 is 0 Å². The summed E-state index contributed by atoms with van der Waals surface area (Å²) in [4.78, 5) is 0. The molecule has 2 rings (SSSR count). The van der Waals surface area contributed by atoms with E-state index in [1.54, 1.807) is 0 Å². The van der Waals surface area contributed by atoms with Crippen LogP contribution in [0.1, 0.15) is 65.0 Å². The molecule has 116 valence electrons. The normalized spacial score (nSPS) is 22.1. The fourth-order valence-electron chi connectivity index (χ4n) is 2.94. The van der Waals surface area contributed by atoms with Gasteiger partial charge in [0.05, 0.1) is 5.54 Å². The SMILES string of the molecule is CCC1=CC(C)(CC)Nc2c(C)cc(NC(C)CC)cc21. The molecule has 2 nitrogen and oxygen atoms in total. The van der Waals surface area contributed by atoms with Crippen LogP contribution in [0.3, 0.4) is 0 Å². The molecule has 2 unspecified atom stereocenters. The van der Waals surface area contributed by atoms with Crippen molar-refractivity contribution < 1.29 is 0 Å². The van der Waals surface area contributed by atoms with Gasteiger partial charge >= 0.3 is 0 Å². The van der Waals surface area contributed by atoms with Gasteiger partial charge in [-0.1, -0.05) is 26.8 Å². The number of allylic oxidation sites excluding steroid dienone is 1. The van der Waals surface area contributed by atoms with Gasteiger partial charge in [0.25, 0.3) is 0 Å². The minimum Gasteiger partial charge on any atom is -0.383 e. The fourth-order valence-corrected chi connectivity index (χ4v) is 2.94. The summed E-state index contributed by atoms with van der Waals surface area (Å²) >= 11 is 0. The molecule has 0 saturated carbocycles. The molecule has 0 amide bonds. The van der Waals surface area contributed by atoms with Crippen molar-refractivity contribution in [3.8, 4) is 0 Å². The lowest BCUT2D eigenvalue weighted by Crippen LogP contribution is -2.35. The molecule has 0 radical (unpaired) electrons. The molecule has 2 heteroatoms. The van der Waals surface area contributed by atoms with Crippen molar-refractivity contribution in [3.05, 3.63) is 29.3 Å². The molecular formula is C19H30N2. The number of benzene rings is 1. The molecule has 0 saturated heterocycles. The van der Waals surface area contributed by atoms with Crippen molar-refractivity contribution in [1.82, 2.24) is 0 Å². The predicted molar refractivity (Wildman–Crippen MR) is 95.1 cm³/mol. The van der Waals surface area contributed by atoms with Gasteiger partial charge in [0, 0.05) is 23.0 Å². The maximum Gasteiger partial charge on any atom is 0.0531 e. The summed E-state index contributed by atoms with van der Waals surface area (Å²) in [6.45, 7) is 13.4. The summed E-state index contributed by atoms with van der Waals surface area (Å²) in [5.74, 6) is 0. The van der Waals surface area contributed by atoms with Crippen molar-refractivity contribution in [2.24, 2.45) is 0 Å². The predicted octanol–water partition coefficient (Wildman–Crippen LogP) is 5.59. The first-order chi connectivity index (χ1) is 9.92. The van der Waals surface area contributed by atoms with Crippen LogP contribution < -0.4 is 10.6 Å². The van der Waals surface area contributed by atoms with E-state index in [-0.39, 0.29) is 5.54 Å². The molecule has 21 heavy (non-hydrogen) atoms. The lowest BCUT2D eigenvalue weighted by atomic mass is 9.85. The van der Waals surface area contributed by atoms with Gasteiger partial charge in [-0.2, -0.15) is 0 Å². The Kier molecular flexibility index (Phi) is 4.65. The third kappa shape index (κ3) is 3.25. The minimum absolute atomic E-state index is 0.0781. The first-order valence-corrected chi connectivity index (χ1v) is 8.33. The second-order valence-electron chi connectivity index (χ2n) is 6.59. The highest BCUT2D eigenvalue weighted by atomic mass is 15.0. The standard InChI is InChI=1S/C19H30N2/c1-7-14(5)20-16-10-13(4)18-17(11-16)15(8-2)12-19(6,9-3)21-18/h10-12,14,20-21H,7-9H2,1-6H3. The van der Waals surface area contributed by atoms with Gasteiger partial charge in [-0.25, -0.2) is 0 Å². The van der Waals surface area contributed by atoms with E-state index >= 15 is 0 Å². The lowest BCUT2D eigenvalue weighted by Gasteiger charge is -2.36. The largest absolute Gasteiger partial charge is 0.383 e. The van der Waals surface area contributed by atoms with E-state index in [1.165, 1.54) is 28.1 Å². The highest BCUT2D eigenvalue weighted by Crippen LogP contribution is 2.40. The van der Waals surface area contributed by atoms with E-state index in [0.717, 1.165) is 19.3 Å². The second kappa shape index (κ2) is 6.13. The van der Waals surface area contributed by atoms with E-state index in [9.17, 15) is 0 Å². The molecule has 2 N–H and O–H groups in total. The van der Waals surface area contributed by atoms with Crippen LogP contribution in [0.4, 0.5) is 11.4 Å². The Morgan fingerprint density at radius 1 is 1.24 bits per heavy atom. The van der Waals surface area contributed by atoms with E-state index in [2.05, 4.69) is 70.4 Å². The van der Waals surface area contributed by atoms with Crippen LogP contribution in [0.25, 0.3) is 5.57 Å². The van der Waals surface area contributed by atoms with Crippen molar-refractivity contribution in [2.45, 2.75) is 72.4 Å². The van der Waals surface area contributed by atoms with E-state index in [1.807, 2.05) is 0 Å². The van der Waals surface area contributed by atoms with Crippen LogP contribution in [0, 0.1) is 6.92 Å². The number of rotatable bonds is 5. The minimum atomic E-state index is 0.0781. The molecule has 0 aromatic heterocycles. The first kappa shape index (κ1) is 15.9.